The second-order valence-electron chi connectivity index (χ2n) is 7.40. The first-order valence-electron chi connectivity index (χ1n) is 10.1. The topological polar surface area (TPSA) is 62.8 Å². The molecule has 1 N–H and O–H groups in total. The molecule has 0 spiro atoms. The number of hydrogen-bond donors (Lipinski definition) is 1. The van der Waals surface area contributed by atoms with Crippen molar-refractivity contribution in [2.75, 3.05) is 50.6 Å². The zero-order valence-corrected chi connectivity index (χ0v) is 17.6. The minimum atomic E-state index is 0.484. The van der Waals surface area contributed by atoms with Crippen molar-refractivity contribution in [3.63, 3.8) is 0 Å². The fraction of sp³-hybridized carbons (Fsp3) is 0.304. The highest BCUT2D eigenvalue weighted by molar-refractivity contribution is 5.60. The Morgan fingerprint density at radius 3 is 2.33 bits per heavy atom. The van der Waals surface area contributed by atoms with E-state index in [1.165, 1.54) is 5.69 Å². The Morgan fingerprint density at radius 2 is 1.63 bits per heavy atom. The number of benzene rings is 2. The van der Waals surface area contributed by atoms with E-state index in [-0.39, 0.29) is 0 Å². The van der Waals surface area contributed by atoms with Crippen LogP contribution in [0, 0.1) is 6.92 Å². The number of aryl methyl sites for hydroxylation is 1. The summed E-state index contributed by atoms with van der Waals surface area (Å²) in [6, 6.07) is 15.9. The van der Waals surface area contributed by atoms with E-state index in [1.807, 2.05) is 31.2 Å². The first kappa shape index (κ1) is 20.0. The summed E-state index contributed by atoms with van der Waals surface area (Å²) in [7, 11) is 3.78. The number of hydrogen-bond acceptors (Lipinski definition) is 7. The number of ether oxygens (including phenoxy) is 2. The average Bonchev–Trinajstić information content (AvgIpc) is 2.77. The van der Waals surface area contributed by atoms with E-state index in [9.17, 15) is 0 Å². The summed E-state index contributed by atoms with van der Waals surface area (Å²) in [5, 5.41) is 3.26. The molecule has 1 aliphatic rings. The quantitative estimate of drug-likeness (QED) is 0.663. The van der Waals surface area contributed by atoms with Gasteiger partial charge in [-0.15, -0.1) is 0 Å². The van der Waals surface area contributed by atoms with Gasteiger partial charge in [0.1, 0.15) is 0 Å². The standard InChI is InChI=1S/C23H27N5O2/c1-17-16-24-23(26-22(17)30-21-7-5-4-6-20(21)29-3)25-18-8-10-19(11-9-18)28-14-12-27(2)13-15-28/h4-11,16H,12-15H2,1-3H3,(H,24,25,26). The molecule has 0 bridgehead atoms. The number of aromatic nitrogens is 2. The largest absolute Gasteiger partial charge is 0.493 e. The first-order valence-corrected chi connectivity index (χ1v) is 10.1. The Bertz CT molecular complexity index is 985. The maximum atomic E-state index is 5.99. The minimum absolute atomic E-state index is 0.484. The van der Waals surface area contributed by atoms with E-state index in [4.69, 9.17) is 9.47 Å². The van der Waals surface area contributed by atoms with Gasteiger partial charge >= 0.3 is 0 Å². The highest BCUT2D eigenvalue weighted by Gasteiger charge is 2.14. The van der Waals surface area contributed by atoms with E-state index in [1.54, 1.807) is 13.3 Å². The predicted molar refractivity (Wildman–Crippen MR) is 119 cm³/mol. The van der Waals surface area contributed by atoms with Gasteiger partial charge in [0.25, 0.3) is 0 Å². The van der Waals surface area contributed by atoms with E-state index < -0.39 is 0 Å². The summed E-state index contributed by atoms with van der Waals surface area (Å²) in [6.07, 6.45) is 1.75. The molecule has 156 valence electrons. The van der Waals surface area contributed by atoms with Gasteiger partial charge in [-0.2, -0.15) is 4.98 Å². The van der Waals surface area contributed by atoms with Crippen LogP contribution in [0.4, 0.5) is 17.3 Å². The van der Waals surface area contributed by atoms with Crippen molar-refractivity contribution in [3.05, 3.63) is 60.3 Å². The van der Waals surface area contributed by atoms with Crippen LogP contribution in [0.25, 0.3) is 0 Å². The van der Waals surface area contributed by atoms with Gasteiger partial charge in [0.05, 0.1) is 7.11 Å². The van der Waals surface area contributed by atoms with E-state index >= 15 is 0 Å². The van der Waals surface area contributed by atoms with Crippen LogP contribution in [0.2, 0.25) is 0 Å². The molecule has 0 aliphatic carbocycles. The zero-order valence-electron chi connectivity index (χ0n) is 17.6. The van der Waals surface area contributed by atoms with Gasteiger partial charge in [-0.1, -0.05) is 12.1 Å². The van der Waals surface area contributed by atoms with E-state index in [2.05, 4.69) is 56.4 Å². The number of anilines is 3. The fourth-order valence-corrected chi connectivity index (χ4v) is 3.35. The molecule has 2 heterocycles. The lowest BCUT2D eigenvalue weighted by Crippen LogP contribution is -2.44. The molecular weight excluding hydrogens is 378 g/mol. The lowest BCUT2D eigenvalue weighted by atomic mass is 10.2. The Balaban J connectivity index is 1.46. The van der Waals surface area contributed by atoms with Crippen molar-refractivity contribution in [3.8, 4) is 17.4 Å². The lowest BCUT2D eigenvalue weighted by Gasteiger charge is -2.34. The molecule has 0 amide bonds. The molecule has 0 atom stereocenters. The van der Waals surface area contributed by atoms with E-state index in [0.29, 0.717) is 23.3 Å². The van der Waals surface area contributed by atoms with Crippen molar-refractivity contribution >= 4 is 17.3 Å². The molecule has 1 aliphatic heterocycles. The van der Waals surface area contributed by atoms with Gasteiger partial charge in [-0.25, -0.2) is 4.98 Å². The van der Waals surface area contributed by atoms with Crippen molar-refractivity contribution in [1.82, 2.24) is 14.9 Å². The van der Waals surface area contributed by atoms with E-state index in [0.717, 1.165) is 37.4 Å². The second kappa shape index (κ2) is 9.00. The van der Waals surface area contributed by atoms with Crippen LogP contribution in [-0.4, -0.2) is 55.2 Å². The Labute approximate surface area is 177 Å². The maximum absolute atomic E-state index is 5.99. The second-order valence-corrected chi connectivity index (χ2v) is 7.40. The molecule has 30 heavy (non-hydrogen) atoms. The monoisotopic (exact) mass is 405 g/mol. The molecule has 0 radical (unpaired) electrons. The third-order valence-electron chi connectivity index (χ3n) is 5.19. The Morgan fingerprint density at radius 1 is 0.933 bits per heavy atom. The van der Waals surface area contributed by atoms with Gasteiger partial charge < -0.3 is 24.6 Å². The van der Waals surface area contributed by atoms with Gasteiger partial charge in [-0.3, -0.25) is 0 Å². The molecular formula is C23H27N5O2. The van der Waals surface area contributed by atoms with Crippen molar-refractivity contribution in [2.24, 2.45) is 0 Å². The number of methoxy groups -OCH3 is 1. The Kier molecular flexibility index (Phi) is 5.99. The first-order chi connectivity index (χ1) is 14.6. The maximum Gasteiger partial charge on any atom is 0.230 e. The molecule has 1 saturated heterocycles. The van der Waals surface area contributed by atoms with Crippen LogP contribution in [0.5, 0.6) is 17.4 Å². The summed E-state index contributed by atoms with van der Waals surface area (Å²) in [5.41, 5.74) is 3.01. The average molecular weight is 406 g/mol. The number of rotatable bonds is 6. The van der Waals surface area contributed by atoms with Crippen molar-refractivity contribution in [1.29, 1.82) is 0 Å². The molecule has 0 saturated carbocycles. The summed E-state index contributed by atoms with van der Waals surface area (Å²) in [4.78, 5) is 13.7. The smallest absolute Gasteiger partial charge is 0.230 e. The van der Waals surface area contributed by atoms with Crippen LogP contribution >= 0.6 is 0 Å². The summed E-state index contributed by atoms with van der Waals surface area (Å²) >= 11 is 0. The number of piperazine rings is 1. The third-order valence-corrected chi connectivity index (χ3v) is 5.19. The van der Waals surface area contributed by atoms with Crippen LogP contribution in [0.3, 0.4) is 0 Å². The van der Waals surface area contributed by atoms with Crippen LogP contribution in [-0.2, 0) is 0 Å². The predicted octanol–water partition coefficient (Wildman–Crippen LogP) is 4.08. The molecule has 1 aromatic heterocycles. The number of nitrogens with one attached hydrogen (secondary N) is 1. The van der Waals surface area contributed by atoms with Crippen molar-refractivity contribution in [2.45, 2.75) is 6.92 Å². The third kappa shape index (κ3) is 4.63. The van der Waals surface area contributed by atoms with Gasteiger partial charge in [-0.05, 0) is 50.4 Å². The fourth-order valence-electron chi connectivity index (χ4n) is 3.35. The Hall–Kier alpha value is -3.32. The molecule has 4 rings (SSSR count). The number of para-hydroxylation sites is 2. The molecule has 2 aromatic carbocycles. The van der Waals surface area contributed by atoms with Crippen LogP contribution in [0.15, 0.2) is 54.7 Å². The normalized spacial score (nSPS) is 14.4. The van der Waals surface area contributed by atoms with Crippen LogP contribution < -0.4 is 19.7 Å². The zero-order chi connectivity index (χ0) is 20.9. The van der Waals surface area contributed by atoms with Gasteiger partial charge in [0, 0.05) is 49.3 Å². The molecule has 0 unspecified atom stereocenters. The summed E-state index contributed by atoms with van der Waals surface area (Å²) in [5.74, 6) is 2.25. The SMILES string of the molecule is COc1ccccc1Oc1nc(Nc2ccc(N3CCN(C)CC3)cc2)ncc1C. The number of nitrogens with zero attached hydrogens (tertiary/aromatic N) is 4. The lowest BCUT2D eigenvalue weighted by molar-refractivity contribution is 0.313. The van der Waals surface area contributed by atoms with Gasteiger partial charge in [0.2, 0.25) is 11.8 Å². The molecule has 3 aromatic rings. The number of likely N-dealkylation sites (N-methyl/N-ethyl adjacent to an activating group) is 1. The molecule has 1 fully saturated rings. The van der Waals surface area contributed by atoms with Gasteiger partial charge in [0.15, 0.2) is 11.5 Å². The summed E-state index contributed by atoms with van der Waals surface area (Å²) < 4.78 is 11.3. The minimum Gasteiger partial charge on any atom is -0.493 e. The highest BCUT2D eigenvalue weighted by Crippen LogP contribution is 2.32. The summed E-state index contributed by atoms with van der Waals surface area (Å²) in [6.45, 7) is 6.19. The highest BCUT2D eigenvalue weighted by atomic mass is 16.5. The van der Waals surface area contributed by atoms with Crippen LogP contribution in [0.1, 0.15) is 5.56 Å². The molecule has 7 heteroatoms. The van der Waals surface area contributed by atoms with Crippen molar-refractivity contribution < 1.29 is 9.47 Å². The molecule has 7 nitrogen and oxygen atoms in total.